The molecule has 0 atom stereocenters. The van der Waals surface area contributed by atoms with E-state index in [1.807, 2.05) is 0 Å². The third-order valence-electron chi connectivity index (χ3n) is 4.21. The zero-order chi connectivity index (χ0) is 22.5. The number of rotatable bonds is 7. The third-order valence-corrected chi connectivity index (χ3v) is 5.92. The lowest BCUT2D eigenvalue weighted by Gasteiger charge is -2.13. The Morgan fingerprint density at radius 3 is 2.61 bits per heavy atom. The summed E-state index contributed by atoms with van der Waals surface area (Å²) in [5.74, 6) is 2.92. The predicted octanol–water partition coefficient (Wildman–Crippen LogP) is 4.46. The van der Waals surface area contributed by atoms with E-state index in [9.17, 15) is 19.7 Å². The number of imide groups is 1. The van der Waals surface area contributed by atoms with Gasteiger partial charge in [0, 0.05) is 12.1 Å². The average Bonchev–Trinajstić information content (AvgIpc) is 3.00. The highest BCUT2D eigenvalue weighted by molar-refractivity contribution is 14.1. The lowest BCUT2D eigenvalue weighted by atomic mass is 10.1. The summed E-state index contributed by atoms with van der Waals surface area (Å²) >= 11 is 2.91. The molecule has 1 heterocycles. The van der Waals surface area contributed by atoms with Crippen molar-refractivity contribution in [2.24, 2.45) is 0 Å². The molecule has 0 bridgehead atoms. The molecule has 3 rings (SSSR count). The van der Waals surface area contributed by atoms with Gasteiger partial charge >= 0.3 is 0 Å². The van der Waals surface area contributed by atoms with E-state index in [1.165, 1.54) is 31.4 Å². The Hall–Kier alpha value is -3.04. The lowest BCUT2D eigenvalue weighted by Crippen LogP contribution is -2.27. The number of carbonyl (C=O) groups is 2. The van der Waals surface area contributed by atoms with Gasteiger partial charge in [-0.1, -0.05) is 18.1 Å². The topological polar surface area (TPSA) is 99.0 Å². The van der Waals surface area contributed by atoms with Crippen molar-refractivity contribution in [2.45, 2.75) is 6.54 Å². The molecule has 2 amide bonds. The Morgan fingerprint density at radius 1 is 1.29 bits per heavy atom. The molecule has 1 aliphatic heterocycles. The van der Waals surface area contributed by atoms with Crippen molar-refractivity contribution in [3.05, 3.63) is 66.1 Å². The molecule has 8 nitrogen and oxygen atoms in total. The first kappa shape index (κ1) is 22.6. The van der Waals surface area contributed by atoms with E-state index in [1.54, 1.807) is 18.2 Å². The van der Waals surface area contributed by atoms with Crippen LogP contribution in [0, 0.1) is 26.0 Å². The molecule has 31 heavy (non-hydrogen) atoms. The Bertz CT molecular complexity index is 1120. The number of nitro benzene ring substituents is 1. The summed E-state index contributed by atoms with van der Waals surface area (Å²) in [6, 6.07) is 9.20. The molecule has 1 fully saturated rings. The normalized spacial score (nSPS) is 14.6. The van der Waals surface area contributed by atoms with Crippen LogP contribution in [0.15, 0.2) is 41.3 Å². The van der Waals surface area contributed by atoms with Crippen LogP contribution in [0.4, 0.5) is 10.5 Å². The summed E-state index contributed by atoms with van der Waals surface area (Å²) in [5, 5.41) is 10.4. The number of nitrogens with zero attached hydrogens (tertiary/aromatic N) is 2. The SMILES string of the molecule is C#CCOc1c(I)cc(/C=C2\SC(=O)N(Cc3ccc([N+](=O)[O-])cc3)C2=O)cc1OC. The molecule has 2 aromatic rings. The number of benzene rings is 2. The number of carbonyl (C=O) groups excluding carboxylic acids is 2. The monoisotopic (exact) mass is 550 g/mol. The smallest absolute Gasteiger partial charge is 0.293 e. The van der Waals surface area contributed by atoms with E-state index in [-0.39, 0.29) is 23.7 Å². The molecular weight excluding hydrogens is 535 g/mol. The first-order valence-electron chi connectivity index (χ1n) is 8.76. The van der Waals surface area contributed by atoms with Crippen LogP contribution in [0.3, 0.4) is 0 Å². The van der Waals surface area contributed by atoms with Crippen molar-refractivity contribution < 1.29 is 24.0 Å². The molecule has 0 N–H and O–H groups in total. The van der Waals surface area contributed by atoms with Crippen LogP contribution in [-0.2, 0) is 11.3 Å². The van der Waals surface area contributed by atoms with Gasteiger partial charge in [0.25, 0.3) is 16.8 Å². The number of non-ortho nitro benzene ring substituents is 1. The standard InChI is InChI=1S/C21H15IN2O6S/c1-3-8-30-19-16(22)9-14(10-17(19)29-2)11-18-20(25)23(21(26)31-18)12-13-4-6-15(7-5-13)24(27)28/h1,4-7,9-11H,8,12H2,2H3/b18-11-. The molecule has 2 aromatic carbocycles. The van der Waals surface area contributed by atoms with Crippen LogP contribution in [0.5, 0.6) is 11.5 Å². The highest BCUT2D eigenvalue weighted by Gasteiger charge is 2.35. The van der Waals surface area contributed by atoms with Crippen LogP contribution >= 0.6 is 34.4 Å². The number of thioether (sulfide) groups is 1. The second-order valence-electron chi connectivity index (χ2n) is 6.22. The van der Waals surface area contributed by atoms with Gasteiger partial charge in [-0.3, -0.25) is 24.6 Å². The Kier molecular flexibility index (Phi) is 7.19. The molecule has 10 heteroatoms. The third kappa shape index (κ3) is 5.18. The van der Waals surface area contributed by atoms with E-state index in [2.05, 4.69) is 28.5 Å². The fourth-order valence-corrected chi connectivity index (χ4v) is 4.39. The Balaban J connectivity index is 1.82. The average molecular weight is 550 g/mol. The van der Waals surface area contributed by atoms with Gasteiger partial charge in [-0.2, -0.15) is 0 Å². The fourth-order valence-electron chi connectivity index (χ4n) is 2.77. The summed E-state index contributed by atoms with van der Waals surface area (Å²) < 4.78 is 11.6. The zero-order valence-electron chi connectivity index (χ0n) is 16.2. The van der Waals surface area contributed by atoms with Crippen molar-refractivity contribution in [3.8, 4) is 23.8 Å². The molecule has 0 aliphatic carbocycles. The maximum absolute atomic E-state index is 12.8. The van der Waals surface area contributed by atoms with E-state index in [0.29, 0.717) is 22.6 Å². The number of ether oxygens (including phenoxy) is 2. The molecule has 0 radical (unpaired) electrons. The number of hydrogen-bond donors (Lipinski definition) is 0. The van der Waals surface area contributed by atoms with E-state index in [4.69, 9.17) is 15.9 Å². The highest BCUT2D eigenvalue weighted by Crippen LogP contribution is 2.37. The van der Waals surface area contributed by atoms with Crippen molar-refractivity contribution in [1.82, 2.24) is 4.90 Å². The quantitative estimate of drug-likeness (QED) is 0.165. The minimum atomic E-state index is -0.509. The van der Waals surface area contributed by atoms with Gasteiger partial charge in [0.15, 0.2) is 11.5 Å². The van der Waals surface area contributed by atoms with Gasteiger partial charge in [0.2, 0.25) is 0 Å². The molecule has 1 aliphatic rings. The minimum Gasteiger partial charge on any atom is -0.493 e. The number of nitro groups is 1. The summed E-state index contributed by atoms with van der Waals surface area (Å²) in [7, 11) is 1.50. The predicted molar refractivity (Wildman–Crippen MR) is 125 cm³/mol. The largest absolute Gasteiger partial charge is 0.493 e. The number of terminal acetylenes is 1. The molecule has 0 unspecified atom stereocenters. The summed E-state index contributed by atoms with van der Waals surface area (Å²) in [4.78, 5) is 36.8. The van der Waals surface area contributed by atoms with Gasteiger partial charge in [-0.05, 0) is 63.7 Å². The lowest BCUT2D eigenvalue weighted by molar-refractivity contribution is -0.384. The van der Waals surface area contributed by atoms with Gasteiger partial charge in [0.1, 0.15) is 6.61 Å². The van der Waals surface area contributed by atoms with Crippen molar-refractivity contribution in [1.29, 1.82) is 0 Å². The van der Waals surface area contributed by atoms with E-state index >= 15 is 0 Å². The number of amides is 2. The first-order valence-corrected chi connectivity index (χ1v) is 10.7. The van der Waals surface area contributed by atoms with Gasteiger partial charge in [0.05, 0.1) is 27.1 Å². The molecule has 158 valence electrons. The first-order chi connectivity index (χ1) is 14.8. The van der Waals surface area contributed by atoms with E-state index < -0.39 is 16.1 Å². The maximum atomic E-state index is 12.8. The van der Waals surface area contributed by atoms with Gasteiger partial charge in [-0.15, -0.1) is 6.42 Å². The molecule has 0 aromatic heterocycles. The Labute approximate surface area is 195 Å². The number of halogens is 1. The number of methoxy groups -OCH3 is 1. The van der Waals surface area contributed by atoms with Crippen LogP contribution in [-0.4, -0.2) is 34.7 Å². The van der Waals surface area contributed by atoms with Crippen LogP contribution in [0.2, 0.25) is 0 Å². The zero-order valence-corrected chi connectivity index (χ0v) is 19.1. The summed E-state index contributed by atoms with van der Waals surface area (Å²) in [6.45, 7) is 0.118. The second-order valence-corrected chi connectivity index (χ2v) is 8.37. The van der Waals surface area contributed by atoms with Crippen molar-refractivity contribution in [2.75, 3.05) is 13.7 Å². The van der Waals surface area contributed by atoms with Gasteiger partial charge < -0.3 is 9.47 Å². The number of hydrogen-bond acceptors (Lipinski definition) is 7. The summed E-state index contributed by atoms with van der Waals surface area (Å²) in [5.41, 5.74) is 1.21. The molecule has 0 saturated carbocycles. The second kappa shape index (κ2) is 9.84. The molecule has 1 saturated heterocycles. The van der Waals surface area contributed by atoms with Crippen LogP contribution in [0.1, 0.15) is 11.1 Å². The molecule has 0 spiro atoms. The minimum absolute atomic E-state index is 0.0275. The maximum Gasteiger partial charge on any atom is 0.293 e. The van der Waals surface area contributed by atoms with Crippen molar-refractivity contribution >= 4 is 57.3 Å². The molecular formula is C21H15IN2O6S. The highest BCUT2D eigenvalue weighted by atomic mass is 127. The summed E-state index contributed by atoms with van der Waals surface area (Å²) in [6.07, 6.45) is 6.85. The van der Waals surface area contributed by atoms with Crippen LogP contribution < -0.4 is 9.47 Å². The van der Waals surface area contributed by atoms with E-state index in [0.717, 1.165) is 20.2 Å². The fraction of sp³-hybridized carbons (Fsp3) is 0.143. The van der Waals surface area contributed by atoms with Gasteiger partial charge in [-0.25, -0.2) is 0 Å². The van der Waals surface area contributed by atoms with Crippen molar-refractivity contribution in [3.63, 3.8) is 0 Å². The van der Waals surface area contributed by atoms with Crippen LogP contribution in [0.25, 0.3) is 6.08 Å². The Morgan fingerprint density at radius 2 is 2.00 bits per heavy atom.